The van der Waals surface area contributed by atoms with E-state index in [0.29, 0.717) is 18.2 Å². The van der Waals surface area contributed by atoms with E-state index in [-0.39, 0.29) is 23.3 Å². The van der Waals surface area contributed by atoms with Crippen molar-refractivity contribution < 1.29 is 8.42 Å². The van der Waals surface area contributed by atoms with E-state index in [2.05, 4.69) is 14.9 Å². The summed E-state index contributed by atoms with van der Waals surface area (Å²) in [6.07, 6.45) is 5.75. The topological polar surface area (TPSA) is 101 Å². The Balaban J connectivity index is 0.00000180. The van der Waals surface area contributed by atoms with Gasteiger partial charge in [-0.3, -0.25) is 5.10 Å². The first kappa shape index (κ1) is 16.4. The molecule has 0 bridgehead atoms. The largest absolute Gasteiger partial charge is 0.329 e. The lowest BCUT2D eigenvalue weighted by Crippen LogP contribution is -2.44. The van der Waals surface area contributed by atoms with E-state index in [0.717, 1.165) is 25.7 Å². The number of nitrogens with zero attached hydrogens (tertiary/aromatic N) is 1. The molecule has 1 aromatic rings. The average molecular weight is 309 g/mol. The molecular formula is C11H21ClN4O2S. The van der Waals surface area contributed by atoms with E-state index in [1.807, 2.05) is 0 Å². The Morgan fingerprint density at radius 2 is 2.16 bits per heavy atom. The predicted molar refractivity (Wildman–Crippen MR) is 75.7 cm³/mol. The maximum atomic E-state index is 12.2. The Bertz CT molecular complexity index is 497. The van der Waals surface area contributed by atoms with Crippen LogP contribution in [0.15, 0.2) is 11.1 Å². The van der Waals surface area contributed by atoms with Crippen molar-refractivity contribution in [3.8, 4) is 0 Å². The van der Waals surface area contributed by atoms with Crippen molar-refractivity contribution in [2.45, 2.75) is 43.5 Å². The normalized spacial score (nSPS) is 18.2. The van der Waals surface area contributed by atoms with Gasteiger partial charge in [-0.05, 0) is 25.7 Å². The highest BCUT2D eigenvalue weighted by Gasteiger charge is 2.29. The summed E-state index contributed by atoms with van der Waals surface area (Å²) >= 11 is 0. The van der Waals surface area contributed by atoms with E-state index in [1.54, 1.807) is 6.92 Å². The van der Waals surface area contributed by atoms with Gasteiger partial charge in [0.05, 0.1) is 11.9 Å². The predicted octanol–water partition coefficient (Wildman–Crippen LogP) is 0.936. The summed E-state index contributed by atoms with van der Waals surface area (Å²) in [7, 11) is -3.52. The van der Waals surface area contributed by atoms with Crippen LogP contribution in [0.1, 0.15) is 31.4 Å². The summed E-state index contributed by atoms with van der Waals surface area (Å²) in [4.78, 5) is 0.207. The zero-order chi connectivity index (χ0) is 13.2. The molecule has 0 aliphatic heterocycles. The third-order valence-electron chi connectivity index (χ3n) is 3.60. The van der Waals surface area contributed by atoms with E-state index < -0.39 is 10.0 Å². The summed E-state index contributed by atoms with van der Waals surface area (Å²) in [5.74, 6) is 0.358. The fraction of sp³-hybridized carbons (Fsp3) is 0.727. The number of nitrogens with one attached hydrogen (secondary N) is 2. The van der Waals surface area contributed by atoms with Crippen LogP contribution in [0, 0.1) is 12.8 Å². The Kier molecular flexibility index (Phi) is 5.79. The fourth-order valence-electron chi connectivity index (χ4n) is 2.57. The van der Waals surface area contributed by atoms with Gasteiger partial charge in [-0.15, -0.1) is 12.4 Å². The molecule has 0 radical (unpaired) electrons. The molecule has 6 nitrogen and oxygen atoms in total. The van der Waals surface area contributed by atoms with Gasteiger partial charge in [0.15, 0.2) is 0 Å². The zero-order valence-corrected chi connectivity index (χ0v) is 12.6. The summed E-state index contributed by atoms with van der Waals surface area (Å²) in [6, 6.07) is -0.174. The summed E-state index contributed by atoms with van der Waals surface area (Å²) < 4.78 is 27.1. The molecule has 110 valence electrons. The molecule has 0 saturated heterocycles. The number of halogens is 1. The highest BCUT2D eigenvalue weighted by molar-refractivity contribution is 7.89. The summed E-state index contributed by atoms with van der Waals surface area (Å²) in [6.45, 7) is 2.02. The van der Waals surface area contributed by atoms with Crippen molar-refractivity contribution in [3.63, 3.8) is 0 Å². The fourth-order valence-corrected chi connectivity index (χ4v) is 4.02. The summed E-state index contributed by atoms with van der Waals surface area (Å²) in [5.41, 5.74) is 6.25. The number of aryl methyl sites for hydroxylation is 1. The first-order valence-corrected chi connectivity index (χ1v) is 7.75. The van der Waals surface area contributed by atoms with Crippen LogP contribution in [-0.4, -0.2) is 31.2 Å². The van der Waals surface area contributed by atoms with Crippen LogP contribution < -0.4 is 10.5 Å². The second kappa shape index (κ2) is 6.69. The highest BCUT2D eigenvalue weighted by Crippen LogP contribution is 2.28. The number of sulfonamides is 1. The molecular weight excluding hydrogens is 288 g/mol. The first-order chi connectivity index (χ1) is 8.54. The molecule has 4 N–H and O–H groups in total. The van der Waals surface area contributed by atoms with Gasteiger partial charge in [-0.2, -0.15) is 5.10 Å². The molecule has 0 aromatic carbocycles. The number of hydrogen-bond donors (Lipinski definition) is 3. The molecule has 0 amide bonds. The minimum Gasteiger partial charge on any atom is -0.329 e. The molecule has 1 heterocycles. The van der Waals surface area contributed by atoms with Crippen LogP contribution in [0.4, 0.5) is 0 Å². The van der Waals surface area contributed by atoms with Gasteiger partial charge >= 0.3 is 0 Å². The van der Waals surface area contributed by atoms with Crippen LogP contribution >= 0.6 is 12.4 Å². The lowest BCUT2D eigenvalue weighted by atomic mass is 9.99. The maximum Gasteiger partial charge on any atom is 0.244 e. The van der Waals surface area contributed by atoms with Gasteiger partial charge in [-0.25, -0.2) is 13.1 Å². The monoisotopic (exact) mass is 308 g/mol. The standard InChI is InChI=1S/C11H20N4O2S.ClH/c1-8-11(7-13-14-8)18(16,17)15-10(6-12)9-4-2-3-5-9;/h7,9-10,15H,2-6,12H2,1H3,(H,13,14);1H. The minimum absolute atomic E-state index is 0. The molecule has 8 heteroatoms. The second-order valence-corrected chi connectivity index (χ2v) is 6.55. The molecule has 2 rings (SSSR count). The average Bonchev–Trinajstić information content (AvgIpc) is 2.96. The molecule has 1 unspecified atom stereocenters. The minimum atomic E-state index is -3.52. The van der Waals surface area contributed by atoms with Crippen LogP contribution in [0.5, 0.6) is 0 Å². The van der Waals surface area contributed by atoms with Gasteiger partial charge in [0.2, 0.25) is 10.0 Å². The molecule has 1 aliphatic rings. The quantitative estimate of drug-likeness (QED) is 0.753. The third kappa shape index (κ3) is 3.68. The number of H-pyrrole nitrogens is 1. The lowest BCUT2D eigenvalue weighted by molar-refractivity contribution is 0.405. The molecule has 1 aromatic heterocycles. The zero-order valence-electron chi connectivity index (χ0n) is 10.9. The van der Waals surface area contributed by atoms with Crippen molar-refractivity contribution >= 4 is 22.4 Å². The van der Waals surface area contributed by atoms with Gasteiger partial charge in [-0.1, -0.05) is 12.8 Å². The van der Waals surface area contributed by atoms with Crippen molar-refractivity contribution in [2.75, 3.05) is 6.54 Å². The SMILES string of the molecule is Cc1[nH]ncc1S(=O)(=O)NC(CN)C1CCCC1.Cl. The number of aromatic nitrogens is 2. The van der Waals surface area contributed by atoms with Gasteiger partial charge in [0.25, 0.3) is 0 Å². The van der Waals surface area contributed by atoms with Crippen LogP contribution in [0.2, 0.25) is 0 Å². The van der Waals surface area contributed by atoms with Crippen LogP contribution in [-0.2, 0) is 10.0 Å². The van der Waals surface area contributed by atoms with Crippen LogP contribution in [0.25, 0.3) is 0 Å². The van der Waals surface area contributed by atoms with E-state index in [1.165, 1.54) is 6.20 Å². The second-order valence-electron chi connectivity index (χ2n) is 4.87. The molecule has 1 atom stereocenters. The molecule has 19 heavy (non-hydrogen) atoms. The Morgan fingerprint density at radius 1 is 1.53 bits per heavy atom. The van der Waals surface area contributed by atoms with E-state index in [4.69, 9.17) is 5.73 Å². The Hall–Kier alpha value is -0.630. The number of nitrogens with two attached hydrogens (primary N) is 1. The molecule has 1 fully saturated rings. The van der Waals surface area contributed by atoms with E-state index in [9.17, 15) is 8.42 Å². The third-order valence-corrected chi connectivity index (χ3v) is 5.21. The van der Waals surface area contributed by atoms with Crippen molar-refractivity contribution in [1.82, 2.24) is 14.9 Å². The smallest absolute Gasteiger partial charge is 0.244 e. The highest BCUT2D eigenvalue weighted by atomic mass is 35.5. The van der Waals surface area contributed by atoms with Gasteiger partial charge in [0.1, 0.15) is 4.90 Å². The number of aromatic amines is 1. The van der Waals surface area contributed by atoms with Crippen LogP contribution in [0.3, 0.4) is 0 Å². The Morgan fingerprint density at radius 3 is 2.63 bits per heavy atom. The Labute approximate surface area is 120 Å². The number of hydrogen-bond acceptors (Lipinski definition) is 4. The van der Waals surface area contributed by atoms with Gasteiger partial charge < -0.3 is 5.73 Å². The van der Waals surface area contributed by atoms with Crippen molar-refractivity contribution in [2.24, 2.45) is 11.7 Å². The molecule has 1 aliphatic carbocycles. The first-order valence-electron chi connectivity index (χ1n) is 6.27. The maximum absolute atomic E-state index is 12.2. The van der Waals surface area contributed by atoms with Gasteiger partial charge in [0, 0.05) is 12.6 Å². The van der Waals surface area contributed by atoms with E-state index >= 15 is 0 Å². The van der Waals surface area contributed by atoms with Crippen molar-refractivity contribution in [1.29, 1.82) is 0 Å². The molecule has 1 saturated carbocycles. The number of rotatable bonds is 5. The molecule has 0 spiro atoms. The van der Waals surface area contributed by atoms with Crippen molar-refractivity contribution in [3.05, 3.63) is 11.9 Å². The lowest BCUT2D eigenvalue weighted by Gasteiger charge is -2.22. The summed E-state index contributed by atoms with van der Waals surface area (Å²) in [5, 5.41) is 6.38.